The van der Waals surface area contributed by atoms with E-state index in [9.17, 15) is 0 Å². The van der Waals surface area contributed by atoms with Gasteiger partial charge in [-0.25, -0.2) is 0 Å². The van der Waals surface area contributed by atoms with Crippen molar-refractivity contribution in [2.75, 3.05) is 0 Å². The van der Waals surface area contributed by atoms with Crippen LogP contribution >= 0.6 is 0 Å². The van der Waals surface area contributed by atoms with E-state index in [1.165, 1.54) is 72.1 Å². The molecule has 0 fully saturated rings. The van der Waals surface area contributed by atoms with Crippen LogP contribution in [0.4, 0.5) is 0 Å². The highest BCUT2D eigenvalue weighted by atomic mass is 15.5. The summed E-state index contributed by atoms with van der Waals surface area (Å²) < 4.78 is 0. The lowest BCUT2D eigenvalue weighted by Gasteiger charge is -2.09. The average Bonchev–Trinajstić information content (AvgIpc) is 1.64. The molecule has 0 radical (unpaired) electrons. The van der Waals surface area contributed by atoms with Gasteiger partial charge in [-0.3, -0.25) is 15.0 Å². The third-order valence-corrected chi connectivity index (χ3v) is 27.5. The van der Waals surface area contributed by atoms with Crippen molar-refractivity contribution in [3.8, 4) is 184 Å². The number of pyridine rings is 3. The van der Waals surface area contributed by atoms with Crippen LogP contribution in [0, 0.1) is 0 Å². The average molecular weight is 1880 g/mol. The molecule has 0 amide bonds. The van der Waals surface area contributed by atoms with Crippen molar-refractivity contribution in [3.63, 3.8) is 0 Å². The zero-order valence-electron chi connectivity index (χ0n) is 79.8. The van der Waals surface area contributed by atoms with Gasteiger partial charge in [0.1, 0.15) is 33.1 Å². The number of benzene rings is 21. The van der Waals surface area contributed by atoms with Crippen molar-refractivity contribution < 1.29 is 0 Å². The number of rotatable bonds is 18. The van der Waals surface area contributed by atoms with Crippen LogP contribution in [0.5, 0.6) is 0 Å². The van der Waals surface area contributed by atoms with Gasteiger partial charge in [-0.1, -0.05) is 425 Å². The van der Waals surface area contributed by atoms with Gasteiger partial charge in [0.25, 0.3) is 0 Å². The number of nitrogens with zero attached hydrogens (tertiary/aromatic N) is 12. The van der Waals surface area contributed by atoms with Gasteiger partial charge in [-0.05, 0) is 242 Å². The van der Waals surface area contributed by atoms with Crippen LogP contribution in [0.1, 0.15) is 0 Å². The summed E-state index contributed by atoms with van der Waals surface area (Å²) in [4.78, 5) is 18.9. The Balaban J connectivity index is 0.000000115. The molecule has 27 aromatic rings. The molecule has 6 aromatic heterocycles. The van der Waals surface area contributed by atoms with Crippen molar-refractivity contribution >= 4 is 65.7 Å². The van der Waals surface area contributed by atoms with Crippen molar-refractivity contribution in [1.29, 1.82) is 0 Å². The highest BCUT2D eigenvalue weighted by molar-refractivity contribution is 6.02. The fourth-order valence-corrected chi connectivity index (χ4v) is 19.7. The Morgan fingerprint density at radius 3 is 0.748 bits per heavy atom. The maximum Gasteiger partial charge on any atom is 0.121 e. The Morgan fingerprint density at radius 1 is 0.136 bits per heavy atom. The minimum atomic E-state index is 0.842. The largest absolute Gasteiger partial charge is 0.263 e. The first kappa shape index (κ1) is 88.5. The van der Waals surface area contributed by atoms with E-state index < -0.39 is 0 Å². The first-order valence-electron chi connectivity index (χ1n) is 49.3. The third-order valence-electron chi connectivity index (χ3n) is 27.5. The maximum absolute atomic E-state index is 5.08. The molecule has 0 aliphatic heterocycles. The van der Waals surface area contributed by atoms with E-state index in [0.717, 1.165) is 177 Å². The number of para-hydroxylation sites is 2. The lowest BCUT2D eigenvalue weighted by atomic mass is 9.95. The summed E-state index contributed by atoms with van der Waals surface area (Å²) in [7, 11) is 0. The van der Waals surface area contributed by atoms with Gasteiger partial charge < -0.3 is 0 Å². The van der Waals surface area contributed by atoms with Crippen LogP contribution in [0.3, 0.4) is 0 Å². The van der Waals surface area contributed by atoms with Crippen LogP contribution in [-0.2, 0) is 0 Å². The summed E-state index contributed by atoms with van der Waals surface area (Å²) in [5.41, 5.74) is 43.9. The molecule has 147 heavy (non-hydrogen) atoms. The van der Waals surface area contributed by atoms with E-state index in [1.807, 2.05) is 97.6 Å². The molecule has 21 aromatic carbocycles. The maximum atomic E-state index is 5.08. The van der Waals surface area contributed by atoms with Crippen LogP contribution in [0.2, 0.25) is 0 Å². The molecular formula is C135H90N12. The monoisotopic (exact) mass is 1880 g/mol. The minimum absolute atomic E-state index is 0.842. The fraction of sp³-hybridized carbons (Fsp3) is 0. The Morgan fingerprint density at radius 2 is 0.395 bits per heavy atom. The summed E-state index contributed by atoms with van der Waals surface area (Å²) in [5, 5.41) is 34.9. The second kappa shape index (κ2) is 39.6. The predicted octanol–water partition coefficient (Wildman–Crippen LogP) is 33.9. The standard InChI is InChI=1S/3C45H30N4/c1-3-9-31(10-4-1)33-15-17-35(18-16-33)39-28-42(37-21-19-34(20-22-37)32-11-5-2-6-12-32)45-44(29-39)47-49(48-45)41-25-23-36(24-26-41)40-27-38-13-7-8-14-43(38)46-30-40;1-3-9-31(10-4-1)33-15-17-35(18-16-33)39-27-42(36-21-19-34(20-22-36)32-11-5-2-6-12-32)45-44(28-39)47-49(48-45)40-25-23-37(24-26-40)43-30-46-29-38-13-7-8-14-41(38)43;1-3-9-31(10-4-1)33-15-17-35(18-16-33)38-29-42(37-21-19-34(20-22-37)32-11-5-2-6-12-32)45-44(30-38)47-49(48-45)39-25-23-36(24-26-39)40-27-28-46-43-14-8-7-13-41(40)43/h3*1-30H. The van der Waals surface area contributed by atoms with Crippen LogP contribution in [0.15, 0.2) is 546 Å². The highest BCUT2D eigenvalue weighted by Crippen LogP contribution is 2.43. The molecule has 0 atom stereocenters. The molecule has 0 saturated heterocycles. The van der Waals surface area contributed by atoms with Gasteiger partial charge in [-0.2, -0.15) is 14.4 Å². The molecule has 6 heterocycles. The normalized spacial score (nSPS) is 11.3. The molecule has 0 bridgehead atoms. The summed E-state index contributed by atoms with van der Waals surface area (Å²) in [6, 6.07) is 183. The van der Waals surface area contributed by atoms with E-state index in [4.69, 9.17) is 30.6 Å². The molecule has 0 unspecified atom stereocenters. The molecule has 12 heteroatoms. The van der Waals surface area contributed by atoms with Crippen LogP contribution in [-0.4, -0.2) is 59.9 Å². The van der Waals surface area contributed by atoms with E-state index in [2.05, 4.69) is 464 Å². The number of aromatic nitrogens is 12. The van der Waals surface area contributed by atoms with Crippen molar-refractivity contribution in [2.45, 2.75) is 0 Å². The topological polar surface area (TPSA) is 131 Å². The minimum Gasteiger partial charge on any atom is -0.263 e. The zero-order valence-corrected chi connectivity index (χ0v) is 79.8. The predicted molar refractivity (Wildman–Crippen MR) is 604 cm³/mol. The van der Waals surface area contributed by atoms with Gasteiger partial charge in [0.2, 0.25) is 0 Å². The lowest BCUT2D eigenvalue weighted by Crippen LogP contribution is -1.98. The Bertz CT molecular complexity index is 9020. The van der Waals surface area contributed by atoms with E-state index in [1.54, 1.807) is 14.4 Å². The zero-order chi connectivity index (χ0) is 97.7. The molecule has 27 rings (SSSR count). The van der Waals surface area contributed by atoms with E-state index in [0.29, 0.717) is 0 Å². The summed E-state index contributed by atoms with van der Waals surface area (Å²) in [6.45, 7) is 0. The number of hydrogen-bond acceptors (Lipinski definition) is 9. The molecule has 0 saturated carbocycles. The van der Waals surface area contributed by atoms with Gasteiger partial charge in [0, 0.05) is 68.8 Å². The quantitative estimate of drug-likeness (QED) is 0.0824. The second-order valence-corrected chi connectivity index (χ2v) is 36.6. The fourth-order valence-electron chi connectivity index (χ4n) is 19.7. The Kier molecular flexibility index (Phi) is 23.8. The smallest absolute Gasteiger partial charge is 0.121 e. The van der Waals surface area contributed by atoms with Crippen LogP contribution in [0.25, 0.3) is 250 Å². The van der Waals surface area contributed by atoms with Crippen molar-refractivity contribution in [2.24, 2.45) is 0 Å². The summed E-state index contributed by atoms with van der Waals surface area (Å²) >= 11 is 0. The molecule has 0 aliphatic carbocycles. The molecular weight excluding hydrogens is 1790 g/mol. The summed E-state index contributed by atoms with van der Waals surface area (Å²) in [6.07, 6.45) is 7.64. The SMILES string of the molecule is c1ccc(-c2ccc(-c3cc(-c4ccc(-c5ccccc5)cc4)c4nn(-c5ccc(-c6ccnc7ccccc67)cc5)nc4c3)cc2)cc1.c1ccc(-c2ccc(-c3cc(-c4ccc(-c5ccccc5)cc4)c4nn(-c5ccc(-c6cnc7ccccc7c6)cc5)nc4c3)cc2)cc1.c1ccc(-c2ccc(-c3cc(-c4ccc(-c5ccccc5)cc4)c4nn(-c5ccc(-c6cncc7ccccc67)cc5)nc4c3)cc2)cc1. The first-order valence-corrected chi connectivity index (χ1v) is 49.3. The molecule has 690 valence electrons. The Hall–Kier alpha value is -20.0. The van der Waals surface area contributed by atoms with Crippen molar-refractivity contribution in [3.05, 3.63) is 546 Å². The van der Waals surface area contributed by atoms with Crippen LogP contribution < -0.4 is 0 Å². The van der Waals surface area contributed by atoms with Gasteiger partial charge in [-0.15, -0.1) is 30.6 Å². The summed E-state index contributed by atoms with van der Waals surface area (Å²) in [5.74, 6) is 0. The molecule has 0 aliphatic rings. The lowest BCUT2D eigenvalue weighted by molar-refractivity contribution is 0.766. The van der Waals surface area contributed by atoms with Gasteiger partial charge in [0.15, 0.2) is 0 Å². The molecule has 0 N–H and O–H groups in total. The van der Waals surface area contributed by atoms with E-state index >= 15 is 0 Å². The van der Waals surface area contributed by atoms with Gasteiger partial charge in [0.05, 0.1) is 28.1 Å². The van der Waals surface area contributed by atoms with Crippen molar-refractivity contribution in [1.82, 2.24) is 59.9 Å². The number of hydrogen-bond donors (Lipinski definition) is 0. The Labute approximate surface area is 850 Å². The second-order valence-electron chi connectivity index (χ2n) is 36.6. The highest BCUT2D eigenvalue weighted by Gasteiger charge is 2.22. The number of fused-ring (bicyclic) bond motifs is 6. The third kappa shape index (κ3) is 18.5. The first-order chi connectivity index (χ1) is 72.8. The van der Waals surface area contributed by atoms with Gasteiger partial charge >= 0.3 is 0 Å². The molecule has 12 nitrogen and oxygen atoms in total. The van der Waals surface area contributed by atoms with E-state index in [-0.39, 0.29) is 0 Å². The molecule has 0 spiro atoms.